The Labute approximate surface area is 112 Å². The van der Waals surface area contributed by atoms with Crippen LogP contribution in [-0.2, 0) is 19.6 Å². The van der Waals surface area contributed by atoms with Gasteiger partial charge in [0.05, 0.1) is 5.56 Å². The zero-order valence-corrected chi connectivity index (χ0v) is 11.3. The van der Waals surface area contributed by atoms with Crippen molar-refractivity contribution in [3.05, 3.63) is 35.0 Å². The topological polar surface area (TPSA) is 45.5 Å². The molecular formula is C15H18N2O2. The number of nitrogens with zero attached hydrogens (tertiary/aromatic N) is 2. The van der Waals surface area contributed by atoms with E-state index in [1.54, 1.807) is 6.20 Å². The standard InChI is InChI=1S/C15H18N2O2/c1-3-4-17-9-13(15(18)19)12-5-10-7-16(2)8-11(10)6-14(12)17/h5-6,9H,3-4,7-8H2,1-2H3,(H,18,19). The predicted molar refractivity (Wildman–Crippen MR) is 74.4 cm³/mol. The van der Waals surface area contributed by atoms with Crippen LogP contribution in [0.15, 0.2) is 18.3 Å². The molecule has 3 rings (SSSR count). The molecule has 1 aromatic carbocycles. The molecule has 0 atom stereocenters. The van der Waals surface area contributed by atoms with Gasteiger partial charge in [-0.15, -0.1) is 0 Å². The van der Waals surface area contributed by atoms with Gasteiger partial charge in [-0.1, -0.05) is 6.92 Å². The summed E-state index contributed by atoms with van der Waals surface area (Å²) in [5.74, 6) is -0.842. The number of aromatic nitrogens is 1. The van der Waals surface area contributed by atoms with Crippen molar-refractivity contribution in [1.29, 1.82) is 0 Å². The fraction of sp³-hybridized carbons (Fsp3) is 0.400. The van der Waals surface area contributed by atoms with E-state index in [9.17, 15) is 9.90 Å². The summed E-state index contributed by atoms with van der Waals surface area (Å²) in [6, 6.07) is 4.22. The summed E-state index contributed by atoms with van der Waals surface area (Å²) in [6.45, 7) is 4.82. The van der Waals surface area contributed by atoms with Crippen molar-refractivity contribution in [2.45, 2.75) is 33.0 Å². The highest BCUT2D eigenvalue weighted by molar-refractivity contribution is 6.04. The second-order valence-electron chi connectivity index (χ2n) is 5.35. The first kappa shape index (κ1) is 12.2. The number of rotatable bonds is 3. The minimum Gasteiger partial charge on any atom is -0.478 e. The molecule has 19 heavy (non-hydrogen) atoms. The van der Waals surface area contributed by atoms with Gasteiger partial charge in [-0.05, 0) is 36.7 Å². The Morgan fingerprint density at radius 2 is 2.00 bits per heavy atom. The number of aromatic carboxylic acids is 1. The highest BCUT2D eigenvalue weighted by Gasteiger charge is 2.20. The molecule has 0 saturated heterocycles. The van der Waals surface area contributed by atoms with Gasteiger partial charge in [0.25, 0.3) is 0 Å². The Kier molecular flexibility index (Phi) is 2.82. The molecule has 0 aliphatic carbocycles. The van der Waals surface area contributed by atoms with Gasteiger partial charge in [-0.25, -0.2) is 4.79 Å². The first-order valence-corrected chi connectivity index (χ1v) is 6.66. The van der Waals surface area contributed by atoms with Crippen LogP contribution in [0.4, 0.5) is 0 Å². The van der Waals surface area contributed by atoms with Crippen molar-refractivity contribution < 1.29 is 9.90 Å². The molecule has 4 nitrogen and oxygen atoms in total. The van der Waals surface area contributed by atoms with Crippen molar-refractivity contribution >= 4 is 16.9 Å². The van der Waals surface area contributed by atoms with E-state index in [1.807, 2.05) is 0 Å². The van der Waals surface area contributed by atoms with Crippen molar-refractivity contribution in [3.63, 3.8) is 0 Å². The van der Waals surface area contributed by atoms with Crippen LogP contribution in [-0.4, -0.2) is 27.6 Å². The number of benzene rings is 1. The number of aryl methyl sites for hydroxylation is 1. The summed E-state index contributed by atoms with van der Waals surface area (Å²) >= 11 is 0. The third kappa shape index (κ3) is 1.92. The van der Waals surface area contributed by atoms with Gasteiger partial charge < -0.3 is 9.67 Å². The van der Waals surface area contributed by atoms with Crippen molar-refractivity contribution in [2.24, 2.45) is 0 Å². The van der Waals surface area contributed by atoms with Gasteiger partial charge in [-0.2, -0.15) is 0 Å². The Morgan fingerprint density at radius 3 is 2.63 bits per heavy atom. The lowest BCUT2D eigenvalue weighted by Gasteiger charge is -2.04. The second-order valence-corrected chi connectivity index (χ2v) is 5.35. The number of hydrogen-bond donors (Lipinski definition) is 1. The highest BCUT2D eigenvalue weighted by Crippen LogP contribution is 2.30. The fourth-order valence-corrected chi connectivity index (χ4v) is 2.95. The fourth-order valence-electron chi connectivity index (χ4n) is 2.95. The van der Waals surface area contributed by atoms with Crippen LogP contribution in [0.3, 0.4) is 0 Å². The molecule has 100 valence electrons. The molecule has 0 spiro atoms. The molecule has 4 heteroatoms. The molecular weight excluding hydrogens is 240 g/mol. The maximum absolute atomic E-state index is 11.4. The van der Waals surface area contributed by atoms with Crippen LogP contribution in [0.25, 0.3) is 10.9 Å². The largest absolute Gasteiger partial charge is 0.478 e. The van der Waals surface area contributed by atoms with Crippen molar-refractivity contribution in [2.75, 3.05) is 7.05 Å². The van der Waals surface area contributed by atoms with Gasteiger partial charge in [-0.3, -0.25) is 4.90 Å². The normalized spacial score (nSPS) is 15.1. The molecule has 1 aliphatic heterocycles. The summed E-state index contributed by atoms with van der Waals surface area (Å²) < 4.78 is 2.07. The monoisotopic (exact) mass is 258 g/mol. The molecule has 1 aliphatic rings. The van der Waals surface area contributed by atoms with Crippen molar-refractivity contribution in [3.8, 4) is 0 Å². The first-order valence-electron chi connectivity index (χ1n) is 6.66. The van der Waals surface area contributed by atoms with Gasteiger partial charge in [0.2, 0.25) is 0 Å². The quantitative estimate of drug-likeness (QED) is 0.920. The zero-order valence-electron chi connectivity index (χ0n) is 11.3. The molecule has 0 saturated carbocycles. The number of carboxylic acid groups (broad SMARTS) is 1. The summed E-state index contributed by atoms with van der Waals surface area (Å²) in [4.78, 5) is 13.6. The summed E-state index contributed by atoms with van der Waals surface area (Å²) in [5, 5.41) is 10.2. The van der Waals surface area contributed by atoms with E-state index in [0.717, 1.165) is 37.0 Å². The van der Waals surface area contributed by atoms with Crippen LogP contribution in [0.1, 0.15) is 34.8 Å². The van der Waals surface area contributed by atoms with Gasteiger partial charge in [0.1, 0.15) is 0 Å². The highest BCUT2D eigenvalue weighted by atomic mass is 16.4. The molecule has 2 aromatic rings. The van der Waals surface area contributed by atoms with E-state index in [1.165, 1.54) is 11.1 Å². The molecule has 2 heterocycles. The minimum absolute atomic E-state index is 0.417. The summed E-state index contributed by atoms with van der Waals surface area (Å²) in [7, 11) is 2.09. The van der Waals surface area contributed by atoms with Gasteiger partial charge in [0, 0.05) is 36.7 Å². The Hall–Kier alpha value is -1.81. The lowest BCUT2D eigenvalue weighted by Crippen LogP contribution is -2.07. The average molecular weight is 258 g/mol. The second kappa shape index (κ2) is 4.38. The molecule has 1 N–H and O–H groups in total. The third-order valence-corrected chi connectivity index (χ3v) is 3.78. The van der Waals surface area contributed by atoms with Crippen LogP contribution < -0.4 is 0 Å². The average Bonchev–Trinajstić information content (AvgIpc) is 2.87. The summed E-state index contributed by atoms with van der Waals surface area (Å²) in [5.41, 5.74) is 4.04. The summed E-state index contributed by atoms with van der Waals surface area (Å²) in [6.07, 6.45) is 2.77. The van der Waals surface area contributed by atoms with Gasteiger partial charge >= 0.3 is 5.97 Å². The molecule has 0 fully saturated rings. The van der Waals surface area contributed by atoms with Crippen molar-refractivity contribution in [1.82, 2.24) is 9.47 Å². The van der Waals surface area contributed by atoms with E-state index in [4.69, 9.17) is 0 Å². The molecule has 0 bridgehead atoms. The van der Waals surface area contributed by atoms with E-state index in [0.29, 0.717) is 5.56 Å². The SMILES string of the molecule is CCCn1cc(C(=O)O)c2cc3c(cc21)CN(C)C3. The Bertz CT molecular complexity index is 658. The number of hydrogen-bond acceptors (Lipinski definition) is 2. The predicted octanol–water partition coefficient (Wildman–Crippen LogP) is 2.69. The Morgan fingerprint density at radius 1 is 1.32 bits per heavy atom. The molecule has 0 amide bonds. The lowest BCUT2D eigenvalue weighted by molar-refractivity contribution is 0.0699. The van der Waals surface area contributed by atoms with Crippen LogP contribution in [0.2, 0.25) is 0 Å². The molecule has 0 radical (unpaired) electrons. The van der Waals surface area contributed by atoms with Crippen LogP contribution >= 0.6 is 0 Å². The number of carbonyl (C=O) groups is 1. The first-order chi connectivity index (χ1) is 9.10. The van der Waals surface area contributed by atoms with Crippen LogP contribution in [0.5, 0.6) is 0 Å². The maximum Gasteiger partial charge on any atom is 0.337 e. The number of carboxylic acids is 1. The Balaban J connectivity index is 2.24. The van der Waals surface area contributed by atoms with E-state index < -0.39 is 5.97 Å². The maximum atomic E-state index is 11.4. The van der Waals surface area contributed by atoms with Crippen LogP contribution in [0, 0.1) is 0 Å². The lowest BCUT2D eigenvalue weighted by atomic mass is 10.1. The van der Waals surface area contributed by atoms with E-state index in [-0.39, 0.29) is 0 Å². The smallest absolute Gasteiger partial charge is 0.337 e. The zero-order chi connectivity index (χ0) is 13.6. The molecule has 0 unspecified atom stereocenters. The van der Waals surface area contributed by atoms with E-state index >= 15 is 0 Å². The van der Waals surface area contributed by atoms with Gasteiger partial charge in [0.15, 0.2) is 0 Å². The van der Waals surface area contributed by atoms with E-state index in [2.05, 4.69) is 35.6 Å². The third-order valence-electron chi connectivity index (χ3n) is 3.78. The minimum atomic E-state index is -0.842. The molecule has 1 aromatic heterocycles. The number of fused-ring (bicyclic) bond motifs is 2.